The Morgan fingerprint density at radius 2 is 2.24 bits per heavy atom. The Bertz CT molecular complexity index is 707. The van der Waals surface area contributed by atoms with Gasteiger partial charge in [0, 0.05) is 12.2 Å². The van der Waals surface area contributed by atoms with E-state index in [1.807, 2.05) is 12.1 Å². The number of para-hydroxylation sites is 1. The van der Waals surface area contributed by atoms with E-state index in [0.29, 0.717) is 6.42 Å². The van der Waals surface area contributed by atoms with Crippen LogP contribution in [0.5, 0.6) is 0 Å². The molecule has 3 rings (SSSR count). The maximum atomic E-state index is 8.54. The molecule has 0 saturated carbocycles. The summed E-state index contributed by atoms with van der Waals surface area (Å²) in [4.78, 5) is 0.908. The van der Waals surface area contributed by atoms with Crippen molar-refractivity contribution in [2.45, 2.75) is 11.6 Å². The zero-order valence-electron chi connectivity index (χ0n) is 8.83. The molecule has 0 fully saturated rings. The maximum Gasteiger partial charge on any atom is 0.217 e. The van der Waals surface area contributed by atoms with Crippen LogP contribution in [0.3, 0.4) is 0 Å². The highest BCUT2D eigenvalue weighted by atomic mass is 32.2. The number of hydrogen-bond donors (Lipinski definition) is 0. The van der Waals surface area contributed by atoms with E-state index >= 15 is 0 Å². The highest BCUT2D eigenvalue weighted by Crippen LogP contribution is 2.29. The lowest BCUT2D eigenvalue weighted by Crippen LogP contribution is -1.86. The first-order chi connectivity index (χ1) is 8.40. The summed E-state index contributed by atoms with van der Waals surface area (Å²) in [5, 5.41) is 17.7. The zero-order valence-corrected chi connectivity index (χ0v) is 10.5. The number of thioether (sulfide) groups is 1. The Morgan fingerprint density at radius 1 is 1.35 bits per heavy atom. The van der Waals surface area contributed by atoms with Crippen molar-refractivity contribution in [3.8, 4) is 6.07 Å². The lowest BCUT2D eigenvalue weighted by Gasteiger charge is -1.95. The van der Waals surface area contributed by atoms with E-state index in [1.54, 1.807) is 23.1 Å². The van der Waals surface area contributed by atoms with Gasteiger partial charge in [-0.15, -0.1) is 10.2 Å². The molecule has 1 aromatic carbocycles. The first-order valence-electron chi connectivity index (χ1n) is 5.12. The van der Waals surface area contributed by atoms with E-state index in [1.165, 1.54) is 4.70 Å². The summed E-state index contributed by atoms with van der Waals surface area (Å²) in [5.74, 6) is 0.751. The molecule has 0 aliphatic rings. The number of hydrogen-bond acceptors (Lipinski definition) is 5. The number of nitriles is 1. The molecule has 0 amide bonds. The molecule has 0 spiro atoms. The molecule has 17 heavy (non-hydrogen) atoms. The largest absolute Gasteiger partial charge is 0.260 e. The van der Waals surface area contributed by atoms with E-state index in [0.717, 1.165) is 21.4 Å². The van der Waals surface area contributed by atoms with E-state index in [-0.39, 0.29) is 0 Å². The second-order valence-electron chi connectivity index (χ2n) is 3.43. The first-order valence-corrected chi connectivity index (χ1v) is 6.93. The van der Waals surface area contributed by atoms with Crippen molar-refractivity contribution in [1.29, 1.82) is 5.26 Å². The van der Waals surface area contributed by atoms with E-state index < -0.39 is 0 Å². The van der Waals surface area contributed by atoms with E-state index in [4.69, 9.17) is 5.26 Å². The fraction of sp³-hybridized carbons (Fsp3) is 0.182. The van der Waals surface area contributed by atoms with Gasteiger partial charge in [0.15, 0.2) is 5.16 Å². The van der Waals surface area contributed by atoms with Crippen molar-refractivity contribution in [1.82, 2.24) is 14.6 Å². The van der Waals surface area contributed by atoms with Crippen molar-refractivity contribution >= 4 is 38.3 Å². The topological polar surface area (TPSA) is 54.0 Å². The van der Waals surface area contributed by atoms with Crippen LogP contribution in [-0.2, 0) is 0 Å². The summed E-state index contributed by atoms with van der Waals surface area (Å²) in [7, 11) is 0. The van der Waals surface area contributed by atoms with Crippen LogP contribution in [-0.4, -0.2) is 20.4 Å². The van der Waals surface area contributed by atoms with Gasteiger partial charge < -0.3 is 0 Å². The average Bonchev–Trinajstić information content (AvgIpc) is 2.89. The molecule has 6 heteroatoms. The van der Waals surface area contributed by atoms with Crippen molar-refractivity contribution in [2.24, 2.45) is 0 Å². The van der Waals surface area contributed by atoms with Gasteiger partial charge in [0.05, 0.1) is 16.3 Å². The second-order valence-corrected chi connectivity index (χ2v) is 5.50. The van der Waals surface area contributed by atoms with Gasteiger partial charge in [-0.05, 0) is 12.1 Å². The molecular formula is C11H8N4S2. The maximum absolute atomic E-state index is 8.54. The molecule has 2 heterocycles. The number of benzene rings is 1. The third kappa shape index (κ3) is 1.77. The molecule has 4 nitrogen and oxygen atoms in total. The first kappa shape index (κ1) is 10.6. The van der Waals surface area contributed by atoms with Crippen molar-refractivity contribution in [3.63, 3.8) is 0 Å². The fourth-order valence-electron chi connectivity index (χ4n) is 1.64. The molecule has 0 bridgehead atoms. The molecule has 0 radical (unpaired) electrons. The fourth-order valence-corrected chi connectivity index (χ4v) is 3.45. The minimum absolute atomic E-state index is 0.529. The Hall–Kier alpha value is -1.58. The summed E-state index contributed by atoms with van der Waals surface area (Å²) in [6, 6.07) is 10.3. The van der Waals surface area contributed by atoms with Crippen LogP contribution in [0.1, 0.15) is 6.42 Å². The summed E-state index contributed by atoms with van der Waals surface area (Å²) in [6.45, 7) is 0. The Labute approximate surface area is 106 Å². The van der Waals surface area contributed by atoms with Gasteiger partial charge in [0.25, 0.3) is 0 Å². The molecule has 0 saturated heterocycles. The van der Waals surface area contributed by atoms with Crippen molar-refractivity contribution in [2.75, 3.05) is 5.75 Å². The number of rotatable bonds is 3. The van der Waals surface area contributed by atoms with Gasteiger partial charge in [-0.25, -0.2) is 0 Å². The van der Waals surface area contributed by atoms with Gasteiger partial charge in [0.1, 0.15) is 0 Å². The SMILES string of the molecule is N#CCCSc1nnc2sc3ccccc3n12. The Balaban J connectivity index is 2.10. The zero-order chi connectivity index (χ0) is 11.7. The molecule has 0 aliphatic heterocycles. The van der Waals surface area contributed by atoms with Crippen LogP contribution < -0.4 is 0 Å². The Kier molecular flexibility index (Phi) is 2.71. The second kappa shape index (κ2) is 4.35. The lowest BCUT2D eigenvalue weighted by molar-refractivity contribution is 0.940. The number of aromatic nitrogens is 3. The minimum atomic E-state index is 0.529. The monoisotopic (exact) mass is 260 g/mol. The molecular weight excluding hydrogens is 252 g/mol. The molecule has 3 aromatic rings. The van der Waals surface area contributed by atoms with Crippen LogP contribution in [0.25, 0.3) is 15.2 Å². The standard InChI is InChI=1S/C11H8N4S2/c12-6-3-7-16-10-13-14-11-15(10)8-4-1-2-5-9(8)17-11/h1-2,4-5H,3,7H2. The molecule has 0 aliphatic carbocycles. The van der Waals surface area contributed by atoms with Crippen LogP contribution in [0, 0.1) is 11.3 Å². The number of thiazole rings is 1. The molecule has 0 unspecified atom stereocenters. The van der Waals surface area contributed by atoms with Gasteiger partial charge >= 0.3 is 0 Å². The van der Waals surface area contributed by atoms with Gasteiger partial charge in [-0.2, -0.15) is 5.26 Å². The smallest absolute Gasteiger partial charge is 0.217 e. The van der Waals surface area contributed by atoms with Crippen molar-refractivity contribution in [3.05, 3.63) is 24.3 Å². The third-order valence-corrected chi connectivity index (χ3v) is 4.30. The number of fused-ring (bicyclic) bond motifs is 3. The highest BCUT2D eigenvalue weighted by molar-refractivity contribution is 7.99. The summed E-state index contributed by atoms with van der Waals surface area (Å²) in [6.07, 6.45) is 0.529. The normalized spacial score (nSPS) is 11.0. The quantitative estimate of drug-likeness (QED) is 0.536. The lowest BCUT2D eigenvalue weighted by atomic mass is 10.3. The van der Waals surface area contributed by atoms with Gasteiger partial charge in [-0.3, -0.25) is 4.40 Å². The van der Waals surface area contributed by atoms with Crippen LogP contribution in [0.2, 0.25) is 0 Å². The molecule has 2 aromatic heterocycles. The number of nitrogens with zero attached hydrogens (tertiary/aromatic N) is 4. The summed E-state index contributed by atoms with van der Waals surface area (Å²) >= 11 is 3.21. The summed E-state index contributed by atoms with van der Waals surface area (Å²) in [5.41, 5.74) is 1.14. The average molecular weight is 260 g/mol. The van der Waals surface area contributed by atoms with Crippen molar-refractivity contribution < 1.29 is 0 Å². The predicted molar refractivity (Wildman–Crippen MR) is 69.3 cm³/mol. The predicted octanol–water partition coefficient (Wildman–Crippen LogP) is 2.95. The molecule has 0 atom stereocenters. The van der Waals surface area contributed by atoms with E-state index in [9.17, 15) is 0 Å². The van der Waals surface area contributed by atoms with Crippen LogP contribution >= 0.6 is 23.1 Å². The van der Waals surface area contributed by atoms with E-state index in [2.05, 4.69) is 32.8 Å². The van der Waals surface area contributed by atoms with Gasteiger partial charge in [0.2, 0.25) is 4.96 Å². The van der Waals surface area contributed by atoms with Crippen LogP contribution in [0.4, 0.5) is 0 Å². The van der Waals surface area contributed by atoms with Gasteiger partial charge in [-0.1, -0.05) is 35.2 Å². The third-order valence-electron chi connectivity index (χ3n) is 2.36. The molecule has 84 valence electrons. The summed E-state index contributed by atoms with van der Waals surface area (Å²) < 4.78 is 3.27. The Morgan fingerprint density at radius 3 is 3.12 bits per heavy atom. The minimum Gasteiger partial charge on any atom is -0.260 e. The van der Waals surface area contributed by atoms with Crippen LogP contribution in [0.15, 0.2) is 29.4 Å². The highest BCUT2D eigenvalue weighted by Gasteiger charge is 2.11. The molecule has 0 N–H and O–H groups in total.